The zero-order chi connectivity index (χ0) is 34.1. The second kappa shape index (κ2) is 14.0. The van der Waals surface area contributed by atoms with Crippen molar-refractivity contribution >= 4 is 45.9 Å². The van der Waals surface area contributed by atoms with Crippen LogP contribution in [0.5, 0.6) is 0 Å². The number of anilines is 1. The smallest absolute Gasteiger partial charge is 0.387 e. The molecule has 20 nitrogen and oxygen atoms in total. The number of benzene rings is 1. The van der Waals surface area contributed by atoms with Crippen LogP contribution >= 0.6 is 23.0 Å². The average Bonchev–Trinajstić information content (AvgIpc) is 3.59. The summed E-state index contributed by atoms with van der Waals surface area (Å²) in [5.74, 6) is -0.863. The molecule has 7 N–H and O–H groups in total. The van der Waals surface area contributed by atoms with Crippen LogP contribution in [0.25, 0.3) is 11.2 Å². The molecule has 24 heteroatoms. The summed E-state index contributed by atoms with van der Waals surface area (Å²) >= 11 is 0. The van der Waals surface area contributed by atoms with Crippen LogP contribution in [-0.4, -0.2) is 112 Å². The SMILES string of the molecule is Nc1ncnc2c1ncn2C1OC(COP(=O)(O)OP(=O)(O)[C@H](F)P(=O)(O)O[C@H](C(=O)N2CCOCC2)c2ccccc2)C(O)C1O. The van der Waals surface area contributed by atoms with Gasteiger partial charge in [0.2, 0.25) is 0 Å². The number of aromatic nitrogens is 4. The number of rotatable bonds is 12. The Morgan fingerprint density at radius 2 is 1.72 bits per heavy atom. The maximum Gasteiger partial charge on any atom is 0.479 e. The lowest BCUT2D eigenvalue weighted by Crippen LogP contribution is -2.43. The van der Waals surface area contributed by atoms with Crippen LogP contribution in [0.15, 0.2) is 43.0 Å². The molecule has 2 aromatic heterocycles. The highest BCUT2D eigenvalue weighted by Crippen LogP contribution is 2.72. The molecule has 47 heavy (non-hydrogen) atoms. The lowest BCUT2D eigenvalue weighted by molar-refractivity contribution is -0.143. The highest BCUT2D eigenvalue weighted by Gasteiger charge is 2.54. The van der Waals surface area contributed by atoms with E-state index in [1.165, 1.54) is 40.1 Å². The molecule has 9 atom stereocenters. The molecule has 7 unspecified atom stereocenters. The van der Waals surface area contributed by atoms with Crippen molar-refractivity contribution in [1.82, 2.24) is 24.4 Å². The summed E-state index contributed by atoms with van der Waals surface area (Å²) in [5.41, 5.74) is 2.16. The minimum atomic E-state index is -6.19. The first-order chi connectivity index (χ1) is 22.1. The van der Waals surface area contributed by atoms with Gasteiger partial charge in [0.1, 0.15) is 30.2 Å². The fourth-order valence-electron chi connectivity index (χ4n) is 4.74. The van der Waals surface area contributed by atoms with Gasteiger partial charge in [-0.1, -0.05) is 30.3 Å². The Bertz CT molecular complexity index is 1730. The van der Waals surface area contributed by atoms with E-state index in [1.807, 2.05) is 0 Å². The molecular formula is C23H30FN6O14P3. The lowest BCUT2D eigenvalue weighted by Gasteiger charge is -2.31. The number of carbonyl (C=O) groups excluding carboxylic acids is 1. The van der Waals surface area contributed by atoms with E-state index < -0.39 is 71.8 Å². The molecule has 1 amide bonds. The molecule has 2 aliphatic rings. The molecule has 1 aromatic carbocycles. The van der Waals surface area contributed by atoms with Gasteiger partial charge in [0.25, 0.3) is 5.91 Å². The second-order valence-corrected chi connectivity index (χ2v) is 15.9. The number of amides is 1. The van der Waals surface area contributed by atoms with Crippen molar-refractivity contribution in [2.75, 3.05) is 38.6 Å². The van der Waals surface area contributed by atoms with Gasteiger partial charge < -0.3 is 45.0 Å². The number of aliphatic hydroxyl groups excluding tert-OH is 2. The summed E-state index contributed by atoms with van der Waals surface area (Å²) in [4.78, 5) is 56.8. The molecule has 0 radical (unpaired) electrons. The van der Waals surface area contributed by atoms with Crippen molar-refractivity contribution in [1.29, 1.82) is 0 Å². The summed E-state index contributed by atoms with van der Waals surface area (Å²) in [6.07, 6.45) is -6.02. The van der Waals surface area contributed by atoms with Crippen molar-refractivity contribution in [3.05, 3.63) is 48.5 Å². The van der Waals surface area contributed by atoms with Gasteiger partial charge in [-0.3, -0.25) is 27.5 Å². The van der Waals surface area contributed by atoms with Gasteiger partial charge in [-0.2, -0.15) is 0 Å². The number of phosphoric ester groups is 1. The van der Waals surface area contributed by atoms with Gasteiger partial charge >= 0.3 is 28.7 Å². The summed E-state index contributed by atoms with van der Waals surface area (Å²) in [6.45, 7) is -0.624. The van der Waals surface area contributed by atoms with E-state index in [4.69, 9.17) is 19.7 Å². The van der Waals surface area contributed by atoms with Gasteiger partial charge in [-0.05, 0) is 5.56 Å². The molecule has 0 saturated carbocycles. The number of nitrogens with zero attached hydrogens (tertiary/aromatic N) is 5. The number of carbonyl (C=O) groups is 1. The molecule has 2 aliphatic heterocycles. The molecule has 2 saturated heterocycles. The van der Waals surface area contributed by atoms with E-state index >= 15 is 4.39 Å². The number of halogens is 1. The largest absolute Gasteiger partial charge is 0.479 e. The lowest BCUT2D eigenvalue weighted by atomic mass is 10.1. The van der Waals surface area contributed by atoms with Crippen LogP contribution in [0.1, 0.15) is 17.9 Å². The first-order valence-electron chi connectivity index (χ1n) is 13.6. The van der Waals surface area contributed by atoms with Crippen molar-refractivity contribution in [2.24, 2.45) is 0 Å². The predicted octanol–water partition coefficient (Wildman–Crippen LogP) is 0.402. The van der Waals surface area contributed by atoms with Crippen LogP contribution in [0.2, 0.25) is 0 Å². The zero-order valence-corrected chi connectivity index (χ0v) is 26.7. The van der Waals surface area contributed by atoms with Crippen molar-refractivity contribution in [3.63, 3.8) is 0 Å². The summed E-state index contributed by atoms with van der Waals surface area (Å²) in [7, 11) is -17.9. The third-order valence-electron chi connectivity index (χ3n) is 7.06. The predicted molar refractivity (Wildman–Crippen MR) is 155 cm³/mol. The summed E-state index contributed by atoms with van der Waals surface area (Å²) in [5, 5.41) is 21.0. The second-order valence-electron chi connectivity index (χ2n) is 10.2. The molecule has 4 heterocycles. The van der Waals surface area contributed by atoms with Crippen molar-refractivity contribution in [3.8, 4) is 0 Å². The fraction of sp³-hybridized carbons (Fsp3) is 0.478. The number of alkyl halides is 1. The van der Waals surface area contributed by atoms with Crippen LogP contribution in [-0.2, 0) is 41.3 Å². The molecule has 3 aromatic rings. The number of imidazole rings is 1. The van der Waals surface area contributed by atoms with Gasteiger partial charge in [-0.15, -0.1) is 0 Å². The van der Waals surface area contributed by atoms with E-state index in [1.54, 1.807) is 6.07 Å². The molecular weight excluding hydrogens is 696 g/mol. The fourth-order valence-corrected chi connectivity index (χ4v) is 9.39. The number of nitrogen functional groups attached to an aromatic ring is 1. The maximum atomic E-state index is 15.3. The Morgan fingerprint density at radius 1 is 1.04 bits per heavy atom. The molecule has 0 bridgehead atoms. The Hall–Kier alpha value is -2.74. The standard InChI is InChI=1S/C23H30FN6O14P3/c24-23(45(34,35)43-18(13-4-2-1-3-5-13)21(33)29-6-8-40-9-7-29)46(36,37)44-47(38,39)41-10-14-16(31)17(32)22(42-14)30-12-28-15-19(25)26-11-27-20(15)30/h1-5,11-12,14,16-18,22-23,31-32H,6-10H2,(H,34,35)(H,36,37)(H,38,39)(H2,25,26,27)/t14?,16?,17?,18-,22?,23+/m0/s1. The number of nitrogens with two attached hydrogens (primary N) is 1. The number of ether oxygens (including phenoxy) is 2. The zero-order valence-electron chi connectivity index (χ0n) is 24.0. The topological polar surface area (TPSA) is 288 Å². The van der Waals surface area contributed by atoms with E-state index in [-0.39, 0.29) is 48.8 Å². The van der Waals surface area contributed by atoms with Crippen LogP contribution < -0.4 is 5.73 Å². The number of aliphatic hydroxyl groups is 2. The number of phosphoric acid groups is 1. The van der Waals surface area contributed by atoms with Gasteiger partial charge in [-0.25, -0.2) is 28.2 Å². The van der Waals surface area contributed by atoms with Crippen LogP contribution in [0, 0.1) is 0 Å². The summed E-state index contributed by atoms with van der Waals surface area (Å²) in [6, 6.07) is 7.15. The monoisotopic (exact) mass is 726 g/mol. The number of morpholine rings is 1. The number of fused-ring (bicyclic) bond motifs is 1. The number of hydrogen-bond acceptors (Lipinski definition) is 15. The minimum absolute atomic E-state index is 0.00513. The van der Waals surface area contributed by atoms with Gasteiger partial charge in [0.15, 0.2) is 23.8 Å². The van der Waals surface area contributed by atoms with E-state index in [0.29, 0.717) is 0 Å². The van der Waals surface area contributed by atoms with E-state index in [0.717, 1.165) is 6.33 Å². The molecule has 2 fully saturated rings. The highest BCUT2D eigenvalue weighted by atomic mass is 31.3. The number of hydrogen-bond donors (Lipinski definition) is 6. The average molecular weight is 726 g/mol. The first-order valence-corrected chi connectivity index (χ1v) is 18.4. The Balaban J connectivity index is 1.25. The molecule has 0 aliphatic carbocycles. The third kappa shape index (κ3) is 7.79. The van der Waals surface area contributed by atoms with Crippen molar-refractivity contribution < 1.29 is 70.6 Å². The molecule has 258 valence electrons. The Morgan fingerprint density at radius 3 is 2.40 bits per heavy atom. The first kappa shape index (κ1) is 35.6. The normalized spacial score (nSPS) is 27.1. The van der Waals surface area contributed by atoms with Crippen LogP contribution in [0.4, 0.5) is 10.2 Å². The van der Waals surface area contributed by atoms with Crippen LogP contribution in [0.3, 0.4) is 0 Å². The van der Waals surface area contributed by atoms with E-state index in [2.05, 4.69) is 23.8 Å². The summed E-state index contributed by atoms with van der Waals surface area (Å²) < 4.78 is 79.0. The molecule has 5 rings (SSSR count). The Labute approximate surface area is 264 Å². The van der Waals surface area contributed by atoms with Gasteiger partial charge in [0, 0.05) is 13.1 Å². The van der Waals surface area contributed by atoms with Crippen molar-refractivity contribution in [2.45, 2.75) is 36.3 Å². The van der Waals surface area contributed by atoms with Gasteiger partial charge in [0.05, 0.1) is 26.1 Å². The Kier molecular flexibility index (Phi) is 10.6. The third-order valence-corrected chi connectivity index (χ3v) is 12.6. The highest BCUT2D eigenvalue weighted by molar-refractivity contribution is 7.74. The molecule has 0 spiro atoms. The van der Waals surface area contributed by atoms with E-state index in [9.17, 15) is 43.4 Å². The minimum Gasteiger partial charge on any atom is -0.387 e. The quantitative estimate of drug-likeness (QED) is 0.138. The maximum absolute atomic E-state index is 15.3.